The summed E-state index contributed by atoms with van der Waals surface area (Å²) in [5, 5.41) is 12.3. The second-order valence-electron chi connectivity index (χ2n) is 3.68. The summed E-state index contributed by atoms with van der Waals surface area (Å²) in [6, 6.07) is 2.12. The quantitative estimate of drug-likeness (QED) is 0.708. The molecule has 0 radical (unpaired) electrons. The number of hydrogen-bond acceptors (Lipinski definition) is 2. The first-order valence-corrected chi connectivity index (χ1v) is 5.37. The minimum Gasteiger partial charge on any atom is -0.385 e. The van der Waals surface area contributed by atoms with Gasteiger partial charge >= 0.3 is 0 Å². The van der Waals surface area contributed by atoms with Crippen molar-refractivity contribution in [2.75, 3.05) is 0 Å². The molecule has 1 fully saturated rings. The molecule has 0 spiro atoms. The number of aliphatic hydroxyl groups is 1. The van der Waals surface area contributed by atoms with Gasteiger partial charge in [0.25, 0.3) is 0 Å². The molecule has 0 amide bonds. The molecular weight excluding hydrogens is 168 g/mol. The van der Waals surface area contributed by atoms with Crippen molar-refractivity contribution in [1.29, 1.82) is 0 Å². The van der Waals surface area contributed by atoms with E-state index in [0.29, 0.717) is 0 Å². The van der Waals surface area contributed by atoms with Gasteiger partial charge in [-0.1, -0.05) is 12.8 Å². The molecule has 0 bridgehead atoms. The Morgan fingerprint density at radius 3 is 2.58 bits per heavy atom. The van der Waals surface area contributed by atoms with Gasteiger partial charge in [-0.25, -0.2) is 0 Å². The fourth-order valence-electron chi connectivity index (χ4n) is 1.94. The fourth-order valence-corrected chi connectivity index (χ4v) is 2.73. The molecular formula is C10H14OS. The van der Waals surface area contributed by atoms with Crippen molar-refractivity contribution in [2.45, 2.75) is 38.2 Å². The Balaban J connectivity index is 2.28. The molecule has 0 atom stereocenters. The minimum atomic E-state index is -0.481. The monoisotopic (exact) mass is 182 g/mol. The summed E-state index contributed by atoms with van der Waals surface area (Å²) in [4.78, 5) is 1.30. The number of rotatable bonds is 1. The molecule has 2 heteroatoms. The van der Waals surface area contributed by atoms with Crippen LogP contribution in [-0.4, -0.2) is 5.11 Å². The summed E-state index contributed by atoms with van der Waals surface area (Å²) in [5.74, 6) is 0. The predicted molar refractivity (Wildman–Crippen MR) is 51.4 cm³/mol. The Bertz CT molecular complexity index is 271. The van der Waals surface area contributed by atoms with Crippen LogP contribution in [-0.2, 0) is 5.60 Å². The first-order valence-electron chi connectivity index (χ1n) is 4.49. The minimum absolute atomic E-state index is 0.481. The lowest BCUT2D eigenvalue weighted by Crippen LogP contribution is -2.19. The molecule has 0 saturated heterocycles. The molecule has 1 aromatic rings. The van der Waals surface area contributed by atoms with Gasteiger partial charge in [0, 0.05) is 4.88 Å². The van der Waals surface area contributed by atoms with Gasteiger partial charge < -0.3 is 5.11 Å². The molecule has 1 aromatic heterocycles. The SMILES string of the molecule is Cc1cc(C2(O)CCCC2)cs1. The first kappa shape index (κ1) is 8.27. The van der Waals surface area contributed by atoms with Crippen LogP contribution in [0.25, 0.3) is 0 Å². The van der Waals surface area contributed by atoms with Gasteiger partial charge in [-0.15, -0.1) is 11.3 Å². The van der Waals surface area contributed by atoms with Crippen molar-refractivity contribution in [3.05, 3.63) is 21.9 Å². The average molecular weight is 182 g/mol. The molecule has 1 N–H and O–H groups in total. The number of thiophene rings is 1. The Morgan fingerprint density at radius 1 is 1.42 bits per heavy atom. The Labute approximate surface area is 77.0 Å². The lowest BCUT2D eigenvalue weighted by molar-refractivity contribution is 0.0449. The molecule has 1 saturated carbocycles. The van der Waals surface area contributed by atoms with E-state index in [-0.39, 0.29) is 0 Å². The molecule has 0 aromatic carbocycles. The molecule has 1 aliphatic rings. The maximum atomic E-state index is 10.2. The van der Waals surface area contributed by atoms with Crippen LogP contribution in [0.2, 0.25) is 0 Å². The number of aryl methyl sites for hydroxylation is 1. The summed E-state index contributed by atoms with van der Waals surface area (Å²) >= 11 is 1.73. The molecule has 12 heavy (non-hydrogen) atoms. The standard InChI is InChI=1S/C10H14OS/c1-8-6-9(7-12-8)10(11)4-2-3-5-10/h6-7,11H,2-5H2,1H3. The molecule has 2 rings (SSSR count). The van der Waals surface area contributed by atoms with Crippen molar-refractivity contribution in [1.82, 2.24) is 0 Å². The average Bonchev–Trinajstić information content (AvgIpc) is 2.59. The van der Waals surface area contributed by atoms with E-state index in [9.17, 15) is 5.11 Å². The van der Waals surface area contributed by atoms with Gasteiger partial charge in [-0.3, -0.25) is 0 Å². The van der Waals surface area contributed by atoms with Crippen LogP contribution in [0, 0.1) is 6.92 Å². The Kier molecular flexibility index (Phi) is 1.97. The highest BCUT2D eigenvalue weighted by Crippen LogP contribution is 2.39. The van der Waals surface area contributed by atoms with E-state index < -0.39 is 5.60 Å². The molecule has 0 aliphatic heterocycles. The van der Waals surface area contributed by atoms with Crippen molar-refractivity contribution in [2.24, 2.45) is 0 Å². The van der Waals surface area contributed by atoms with Crippen molar-refractivity contribution in [3.63, 3.8) is 0 Å². The van der Waals surface area contributed by atoms with Crippen LogP contribution in [0.4, 0.5) is 0 Å². The van der Waals surface area contributed by atoms with Crippen LogP contribution in [0.1, 0.15) is 36.1 Å². The van der Waals surface area contributed by atoms with Crippen LogP contribution < -0.4 is 0 Å². The molecule has 1 nitrogen and oxygen atoms in total. The largest absolute Gasteiger partial charge is 0.385 e. The van der Waals surface area contributed by atoms with Gasteiger partial charge in [0.05, 0.1) is 5.60 Å². The van der Waals surface area contributed by atoms with Crippen LogP contribution in [0.5, 0.6) is 0 Å². The van der Waals surface area contributed by atoms with Crippen molar-refractivity contribution < 1.29 is 5.11 Å². The topological polar surface area (TPSA) is 20.2 Å². The summed E-state index contributed by atoms with van der Waals surface area (Å²) in [7, 11) is 0. The van der Waals surface area contributed by atoms with E-state index in [0.717, 1.165) is 18.4 Å². The van der Waals surface area contributed by atoms with E-state index in [1.54, 1.807) is 11.3 Å². The smallest absolute Gasteiger partial charge is 0.0904 e. The van der Waals surface area contributed by atoms with E-state index in [1.807, 2.05) is 0 Å². The summed E-state index contributed by atoms with van der Waals surface area (Å²) in [6.45, 7) is 2.09. The Hall–Kier alpha value is -0.340. The zero-order chi connectivity index (χ0) is 8.60. The van der Waals surface area contributed by atoms with Crippen LogP contribution in [0.15, 0.2) is 11.4 Å². The summed E-state index contributed by atoms with van der Waals surface area (Å²) in [5.41, 5.74) is 0.660. The van der Waals surface area contributed by atoms with E-state index in [1.165, 1.54) is 17.7 Å². The zero-order valence-electron chi connectivity index (χ0n) is 7.34. The maximum absolute atomic E-state index is 10.2. The predicted octanol–water partition coefficient (Wildman–Crippen LogP) is 2.82. The van der Waals surface area contributed by atoms with E-state index >= 15 is 0 Å². The van der Waals surface area contributed by atoms with Gasteiger partial charge in [0.2, 0.25) is 0 Å². The van der Waals surface area contributed by atoms with E-state index in [2.05, 4.69) is 18.4 Å². The maximum Gasteiger partial charge on any atom is 0.0904 e. The molecule has 1 aliphatic carbocycles. The van der Waals surface area contributed by atoms with Gasteiger partial charge in [0.1, 0.15) is 0 Å². The third-order valence-electron chi connectivity index (χ3n) is 2.70. The normalized spacial score (nSPS) is 21.5. The third kappa shape index (κ3) is 1.29. The highest BCUT2D eigenvalue weighted by molar-refractivity contribution is 7.10. The van der Waals surface area contributed by atoms with Crippen LogP contribution >= 0.6 is 11.3 Å². The van der Waals surface area contributed by atoms with E-state index in [4.69, 9.17) is 0 Å². The highest BCUT2D eigenvalue weighted by Gasteiger charge is 2.33. The first-order chi connectivity index (χ1) is 5.71. The molecule has 66 valence electrons. The van der Waals surface area contributed by atoms with Gasteiger partial charge in [-0.2, -0.15) is 0 Å². The van der Waals surface area contributed by atoms with Gasteiger partial charge in [-0.05, 0) is 36.8 Å². The van der Waals surface area contributed by atoms with Crippen LogP contribution in [0.3, 0.4) is 0 Å². The Morgan fingerprint density at radius 2 is 2.08 bits per heavy atom. The molecule has 1 heterocycles. The second-order valence-corrected chi connectivity index (χ2v) is 4.80. The summed E-state index contributed by atoms with van der Waals surface area (Å²) in [6.07, 6.45) is 4.24. The lowest BCUT2D eigenvalue weighted by atomic mass is 9.95. The summed E-state index contributed by atoms with van der Waals surface area (Å²) < 4.78 is 0. The highest BCUT2D eigenvalue weighted by atomic mass is 32.1. The third-order valence-corrected chi connectivity index (χ3v) is 3.56. The van der Waals surface area contributed by atoms with Gasteiger partial charge in [0.15, 0.2) is 0 Å². The second kappa shape index (κ2) is 2.86. The van der Waals surface area contributed by atoms with Crippen molar-refractivity contribution in [3.8, 4) is 0 Å². The van der Waals surface area contributed by atoms with Crippen molar-refractivity contribution >= 4 is 11.3 Å². The number of hydrogen-bond donors (Lipinski definition) is 1. The lowest BCUT2D eigenvalue weighted by Gasteiger charge is -2.20. The fraction of sp³-hybridized carbons (Fsp3) is 0.600. The zero-order valence-corrected chi connectivity index (χ0v) is 8.16. The molecule has 0 unspecified atom stereocenters.